The Bertz CT molecular complexity index is 956. The lowest BCUT2D eigenvalue weighted by molar-refractivity contribution is 0.557. The molecule has 1 aromatic carbocycles. The number of fused-ring (bicyclic) bond motifs is 1. The summed E-state index contributed by atoms with van der Waals surface area (Å²) in [7, 11) is 3.78. The highest BCUT2D eigenvalue weighted by Crippen LogP contribution is 2.16. The number of halogens is 1. The summed E-state index contributed by atoms with van der Waals surface area (Å²) in [5.41, 5.74) is 0.430. The highest BCUT2D eigenvalue weighted by molar-refractivity contribution is 9.10. The summed E-state index contributed by atoms with van der Waals surface area (Å²) in [5, 5.41) is 4.73. The number of hydrogen-bond acceptors (Lipinski definition) is 5. The zero-order valence-electron chi connectivity index (χ0n) is 12.9. The summed E-state index contributed by atoms with van der Waals surface area (Å²) in [5.74, 6) is 1.80. The molecular formula is C16H15BrN4O2. The molecule has 0 saturated heterocycles. The van der Waals surface area contributed by atoms with Gasteiger partial charge in [-0.25, -0.2) is 4.98 Å². The molecule has 118 valence electrons. The first-order valence-corrected chi connectivity index (χ1v) is 7.75. The predicted octanol–water partition coefficient (Wildman–Crippen LogP) is 3.01. The van der Waals surface area contributed by atoms with Crippen LogP contribution in [0.25, 0.3) is 10.9 Å². The zero-order valence-corrected chi connectivity index (χ0v) is 14.5. The summed E-state index contributed by atoms with van der Waals surface area (Å²) < 4.78 is 7.68. The number of anilines is 1. The van der Waals surface area contributed by atoms with Crippen LogP contribution in [0.4, 0.5) is 5.88 Å². The number of aryl methyl sites for hydroxylation is 1. The van der Waals surface area contributed by atoms with Crippen LogP contribution in [0.1, 0.15) is 11.6 Å². The number of nitrogens with zero attached hydrogens (tertiary/aromatic N) is 4. The molecule has 0 atom stereocenters. The van der Waals surface area contributed by atoms with Crippen molar-refractivity contribution in [2.24, 2.45) is 5.10 Å². The van der Waals surface area contributed by atoms with Crippen LogP contribution >= 0.6 is 15.9 Å². The van der Waals surface area contributed by atoms with Crippen LogP contribution in [0, 0.1) is 6.92 Å². The average Bonchev–Trinajstić information content (AvgIpc) is 2.97. The minimum absolute atomic E-state index is 0.218. The summed E-state index contributed by atoms with van der Waals surface area (Å²) in [6.45, 7) is 1.74. The fourth-order valence-electron chi connectivity index (χ4n) is 2.16. The number of aromatic nitrogens is 2. The molecule has 0 aliphatic carbocycles. The lowest BCUT2D eigenvalue weighted by atomic mass is 10.2. The largest absolute Gasteiger partial charge is 0.440 e. The quantitative estimate of drug-likeness (QED) is 0.661. The van der Waals surface area contributed by atoms with Crippen molar-refractivity contribution >= 4 is 38.9 Å². The number of hydrogen-bond donors (Lipinski definition) is 0. The second-order valence-corrected chi connectivity index (χ2v) is 6.17. The van der Waals surface area contributed by atoms with Crippen LogP contribution in [0.2, 0.25) is 0 Å². The Morgan fingerprint density at radius 3 is 2.78 bits per heavy atom. The summed E-state index contributed by atoms with van der Waals surface area (Å²) in [4.78, 5) is 18.8. The van der Waals surface area contributed by atoms with E-state index in [1.807, 2.05) is 31.1 Å². The van der Waals surface area contributed by atoms with Crippen molar-refractivity contribution in [1.29, 1.82) is 0 Å². The molecule has 3 aromatic rings. The molecule has 0 bridgehead atoms. The van der Waals surface area contributed by atoms with Crippen molar-refractivity contribution in [3.63, 3.8) is 0 Å². The van der Waals surface area contributed by atoms with Crippen molar-refractivity contribution in [3.05, 3.63) is 56.7 Å². The van der Waals surface area contributed by atoms with E-state index in [0.717, 1.165) is 10.4 Å². The van der Waals surface area contributed by atoms with Crippen LogP contribution in [0.15, 0.2) is 49.1 Å². The van der Waals surface area contributed by atoms with Gasteiger partial charge in [-0.3, -0.25) is 4.79 Å². The average molecular weight is 375 g/mol. The van der Waals surface area contributed by atoms with Crippen LogP contribution in [0.3, 0.4) is 0 Å². The van der Waals surface area contributed by atoms with E-state index in [9.17, 15) is 4.79 Å². The minimum Gasteiger partial charge on any atom is -0.440 e. The molecule has 0 radical (unpaired) electrons. The van der Waals surface area contributed by atoms with Gasteiger partial charge in [-0.15, -0.1) is 0 Å². The lowest BCUT2D eigenvalue weighted by Gasteiger charge is -2.06. The van der Waals surface area contributed by atoms with Crippen LogP contribution in [-0.4, -0.2) is 30.0 Å². The van der Waals surface area contributed by atoms with Crippen LogP contribution < -0.4 is 10.5 Å². The normalized spacial score (nSPS) is 11.5. The van der Waals surface area contributed by atoms with Gasteiger partial charge in [0.2, 0.25) is 0 Å². The first kappa shape index (κ1) is 15.5. The van der Waals surface area contributed by atoms with Gasteiger partial charge in [-0.2, -0.15) is 9.78 Å². The van der Waals surface area contributed by atoms with Crippen molar-refractivity contribution in [3.8, 4) is 0 Å². The third-order valence-corrected chi connectivity index (χ3v) is 3.82. The van der Waals surface area contributed by atoms with Gasteiger partial charge in [0.25, 0.3) is 5.56 Å². The Balaban J connectivity index is 2.05. The monoisotopic (exact) mass is 374 g/mol. The molecule has 2 aromatic heterocycles. The molecule has 0 spiro atoms. The van der Waals surface area contributed by atoms with Gasteiger partial charge in [-0.05, 0) is 31.2 Å². The van der Waals surface area contributed by atoms with E-state index in [1.54, 1.807) is 25.1 Å². The summed E-state index contributed by atoms with van der Waals surface area (Å²) in [6, 6.07) is 9.04. The van der Waals surface area contributed by atoms with Gasteiger partial charge >= 0.3 is 0 Å². The fraction of sp³-hybridized carbons (Fsp3) is 0.188. The Labute approximate surface area is 141 Å². The summed E-state index contributed by atoms with van der Waals surface area (Å²) in [6.07, 6.45) is 1.51. The van der Waals surface area contributed by atoms with E-state index in [-0.39, 0.29) is 5.56 Å². The maximum absolute atomic E-state index is 12.6. The molecule has 2 heterocycles. The Kier molecular flexibility index (Phi) is 4.04. The highest BCUT2D eigenvalue weighted by atomic mass is 79.9. The highest BCUT2D eigenvalue weighted by Gasteiger charge is 2.08. The molecule has 0 aliphatic heterocycles. The fourth-order valence-corrected chi connectivity index (χ4v) is 2.52. The van der Waals surface area contributed by atoms with Crippen LogP contribution in [-0.2, 0) is 0 Å². The van der Waals surface area contributed by atoms with E-state index >= 15 is 0 Å². The molecular weight excluding hydrogens is 360 g/mol. The van der Waals surface area contributed by atoms with E-state index in [4.69, 9.17) is 4.42 Å². The van der Waals surface area contributed by atoms with E-state index in [1.165, 1.54) is 10.9 Å². The third kappa shape index (κ3) is 3.05. The molecule has 7 heteroatoms. The van der Waals surface area contributed by atoms with E-state index in [0.29, 0.717) is 22.5 Å². The van der Waals surface area contributed by atoms with Gasteiger partial charge < -0.3 is 9.32 Å². The SMILES string of the molecule is Cc1nc2ccc(Br)cc2c(=O)n1N=Cc1ccc(N(C)C)o1. The van der Waals surface area contributed by atoms with E-state index < -0.39 is 0 Å². The van der Waals surface area contributed by atoms with Gasteiger partial charge in [-0.1, -0.05) is 15.9 Å². The molecule has 0 unspecified atom stereocenters. The number of benzene rings is 1. The van der Waals surface area contributed by atoms with Crippen molar-refractivity contribution in [2.45, 2.75) is 6.92 Å². The molecule has 0 aliphatic rings. The maximum Gasteiger partial charge on any atom is 0.282 e. The smallest absolute Gasteiger partial charge is 0.282 e. The topological polar surface area (TPSA) is 63.6 Å². The first-order chi connectivity index (χ1) is 11.0. The minimum atomic E-state index is -0.218. The molecule has 0 N–H and O–H groups in total. The number of furan rings is 1. The third-order valence-electron chi connectivity index (χ3n) is 3.32. The van der Waals surface area contributed by atoms with Crippen molar-refractivity contribution < 1.29 is 4.42 Å². The Hall–Kier alpha value is -2.41. The van der Waals surface area contributed by atoms with Crippen molar-refractivity contribution in [1.82, 2.24) is 9.66 Å². The first-order valence-electron chi connectivity index (χ1n) is 6.96. The van der Waals surface area contributed by atoms with Crippen molar-refractivity contribution in [2.75, 3.05) is 19.0 Å². The molecule has 23 heavy (non-hydrogen) atoms. The molecule has 3 rings (SSSR count). The van der Waals surface area contributed by atoms with Gasteiger partial charge in [0.15, 0.2) is 5.88 Å². The second-order valence-electron chi connectivity index (χ2n) is 5.25. The predicted molar refractivity (Wildman–Crippen MR) is 94.5 cm³/mol. The van der Waals surface area contributed by atoms with E-state index in [2.05, 4.69) is 26.0 Å². The van der Waals surface area contributed by atoms with Gasteiger partial charge in [0.1, 0.15) is 11.6 Å². The van der Waals surface area contributed by atoms with Gasteiger partial charge in [0.05, 0.1) is 17.1 Å². The maximum atomic E-state index is 12.6. The second kappa shape index (κ2) is 6.00. The Morgan fingerprint density at radius 1 is 1.30 bits per heavy atom. The summed E-state index contributed by atoms with van der Waals surface area (Å²) >= 11 is 3.37. The Morgan fingerprint density at radius 2 is 2.09 bits per heavy atom. The van der Waals surface area contributed by atoms with Gasteiger partial charge in [0, 0.05) is 24.6 Å². The zero-order chi connectivity index (χ0) is 16.6. The number of rotatable bonds is 3. The molecule has 0 saturated carbocycles. The lowest BCUT2D eigenvalue weighted by Crippen LogP contribution is -2.20. The molecule has 0 amide bonds. The molecule has 0 fully saturated rings. The standard InChI is InChI=1S/C16H15BrN4O2/c1-10-19-14-6-4-11(17)8-13(14)16(22)21(10)18-9-12-5-7-15(23-12)20(2)3/h4-9H,1-3H3. The molecule has 6 nitrogen and oxygen atoms in total. The van der Waals surface area contributed by atoms with Crippen LogP contribution in [0.5, 0.6) is 0 Å².